The molecule has 1 aliphatic carbocycles. The molecule has 0 aromatic heterocycles. The number of nitriles is 1. The highest BCUT2D eigenvalue weighted by Crippen LogP contribution is 2.45. The molecule has 0 bridgehead atoms. The number of rotatable bonds is 2. The zero-order valence-corrected chi connectivity index (χ0v) is 13.1. The van der Waals surface area contributed by atoms with Gasteiger partial charge in [-0.15, -0.1) is 0 Å². The lowest BCUT2D eigenvalue weighted by molar-refractivity contribution is 0.697. The maximum atomic E-state index is 9.52. The molecule has 0 radical (unpaired) electrons. The average Bonchev–Trinajstić information content (AvgIpc) is 2.85. The molecule has 0 amide bonds. The van der Waals surface area contributed by atoms with Crippen LogP contribution in [0.4, 0.5) is 0 Å². The van der Waals surface area contributed by atoms with Gasteiger partial charge in [0, 0.05) is 22.6 Å². The van der Waals surface area contributed by atoms with Crippen LogP contribution in [0.15, 0.2) is 59.8 Å². The van der Waals surface area contributed by atoms with Crippen molar-refractivity contribution in [2.45, 2.75) is 25.2 Å². The van der Waals surface area contributed by atoms with E-state index >= 15 is 0 Å². The molecule has 110 valence electrons. The van der Waals surface area contributed by atoms with Gasteiger partial charge in [-0.2, -0.15) is 5.26 Å². The zero-order valence-electron chi connectivity index (χ0n) is 12.4. The van der Waals surface area contributed by atoms with E-state index < -0.39 is 0 Å². The van der Waals surface area contributed by atoms with Crippen molar-refractivity contribution in [2.75, 3.05) is 0 Å². The fourth-order valence-electron chi connectivity index (χ4n) is 3.12. The Hall–Kier alpha value is -2.24. The summed E-state index contributed by atoms with van der Waals surface area (Å²) in [7, 11) is 0. The first-order valence-corrected chi connectivity index (χ1v) is 7.69. The maximum Gasteiger partial charge on any atom is 0.0972 e. The third-order valence-corrected chi connectivity index (χ3v) is 4.63. The van der Waals surface area contributed by atoms with Gasteiger partial charge in [0.2, 0.25) is 0 Å². The smallest absolute Gasteiger partial charge is 0.0972 e. The molecule has 2 nitrogen and oxygen atoms in total. The van der Waals surface area contributed by atoms with Crippen LogP contribution in [0, 0.1) is 18.3 Å². The van der Waals surface area contributed by atoms with Crippen LogP contribution in [0.3, 0.4) is 0 Å². The molecule has 0 aliphatic heterocycles. The molecule has 2 aromatic carbocycles. The standard InChI is InChI=1S/C19H17ClN2/c1-12-2-4-14(5-3-12)17-10-16(18(11-21)19(17)22)13-6-8-15(20)9-7-13/h2-9,16-17H,10,22H2,1H3. The van der Waals surface area contributed by atoms with Gasteiger partial charge in [-0.05, 0) is 36.6 Å². The summed E-state index contributed by atoms with van der Waals surface area (Å²) in [4.78, 5) is 0. The van der Waals surface area contributed by atoms with Crippen molar-refractivity contribution in [3.05, 3.63) is 81.5 Å². The van der Waals surface area contributed by atoms with Crippen LogP contribution in [0.25, 0.3) is 0 Å². The van der Waals surface area contributed by atoms with Crippen molar-refractivity contribution < 1.29 is 0 Å². The van der Waals surface area contributed by atoms with Crippen LogP contribution in [0.1, 0.15) is 34.9 Å². The summed E-state index contributed by atoms with van der Waals surface area (Å²) < 4.78 is 0. The quantitative estimate of drug-likeness (QED) is 0.877. The molecule has 2 N–H and O–H groups in total. The molecule has 0 saturated heterocycles. The molecule has 2 atom stereocenters. The van der Waals surface area contributed by atoms with E-state index in [-0.39, 0.29) is 11.8 Å². The van der Waals surface area contributed by atoms with Gasteiger partial charge in [-0.25, -0.2) is 0 Å². The Morgan fingerprint density at radius 1 is 1.00 bits per heavy atom. The summed E-state index contributed by atoms with van der Waals surface area (Å²) in [5.41, 5.74) is 11.2. The number of halogens is 1. The molecule has 3 heteroatoms. The van der Waals surface area contributed by atoms with Crippen molar-refractivity contribution in [3.8, 4) is 6.07 Å². The first-order valence-electron chi connectivity index (χ1n) is 7.32. The highest BCUT2D eigenvalue weighted by molar-refractivity contribution is 6.30. The minimum atomic E-state index is 0.0496. The fraction of sp³-hybridized carbons (Fsp3) is 0.211. The van der Waals surface area contributed by atoms with Gasteiger partial charge in [0.05, 0.1) is 11.6 Å². The van der Waals surface area contributed by atoms with E-state index in [1.807, 2.05) is 24.3 Å². The number of hydrogen-bond acceptors (Lipinski definition) is 2. The molecular formula is C19H17ClN2. The summed E-state index contributed by atoms with van der Waals surface area (Å²) in [5, 5.41) is 10.2. The van der Waals surface area contributed by atoms with Crippen LogP contribution in [-0.4, -0.2) is 0 Å². The van der Waals surface area contributed by atoms with Crippen molar-refractivity contribution in [1.29, 1.82) is 5.26 Å². The van der Waals surface area contributed by atoms with E-state index in [1.165, 1.54) is 11.1 Å². The Morgan fingerprint density at radius 2 is 1.55 bits per heavy atom. The molecule has 0 saturated carbocycles. The summed E-state index contributed by atoms with van der Waals surface area (Å²) >= 11 is 5.95. The molecule has 0 heterocycles. The Morgan fingerprint density at radius 3 is 2.14 bits per heavy atom. The number of nitrogens with two attached hydrogens (primary N) is 1. The number of aryl methyl sites for hydroxylation is 1. The molecule has 3 rings (SSSR count). The lowest BCUT2D eigenvalue weighted by Gasteiger charge is -2.14. The Balaban J connectivity index is 1.97. The van der Waals surface area contributed by atoms with Crippen LogP contribution >= 0.6 is 11.6 Å². The van der Waals surface area contributed by atoms with Crippen molar-refractivity contribution in [1.82, 2.24) is 0 Å². The van der Waals surface area contributed by atoms with Crippen molar-refractivity contribution >= 4 is 11.6 Å². The van der Waals surface area contributed by atoms with Crippen LogP contribution in [-0.2, 0) is 0 Å². The molecule has 2 aromatic rings. The van der Waals surface area contributed by atoms with E-state index in [0.29, 0.717) is 16.3 Å². The first-order chi connectivity index (χ1) is 10.6. The van der Waals surface area contributed by atoms with Gasteiger partial charge in [-0.3, -0.25) is 0 Å². The highest BCUT2D eigenvalue weighted by Gasteiger charge is 2.34. The second-order valence-corrected chi connectivity index (χ2v) is 6.22. The van der Waals surface area contributed by atoms with E-state index in [1.54, 1.807) is 0 Å². The van der Waals surface area contributed by atoms with E-state index in [9.17, 15) is 5.26 Å². The number of nitrogens with zero attached hydrogens (tertiary/aromatic N) is 1. The summed E-state index contributed by atoms with van der Waals surface area (Å²) in [6, 6.07) is 18.4. The highest BCUT2D eigenvalue weighted by atomic mass is 35.5. The van der Waals surface area contributed by atoms with Crippen molar-refractivity contribution in [2.24, 2.45) is 5.73 Å². The molecular weight excluding hydrogens is 292 g/mol. The average molecular weight is 309 g/mol. The summed E-state index contributed by atoms with van der Waals surface area (Å²) in [6.07, 6.45) is 0.833. The van der Waals surface area contributed by atoms with Crippen LogP contribution < -0.4 is 5.73 Å². The number of hydrogen-bond donors (Lipinski definition) is 1. The first kappa shape index (κ1) is 14.7. The Kier molecular flexibility index (Phi) is 3.92. The minimum Gasteiger partial charge on any atom is -0.401 e. The summed E-state index contributed by atoms with van der Waals surface area (Å²) in [5.74, 6) is 0.157. The van der Waals surface area contributed by atoms with Gasteiger partial charge >= 0.3 is 0 Å². The second kappa shape index (κ2) is 5.87. The third-order valence-electron chi connectivity index (χ3n) is 4.38. The van der Waals surface area contributed by atoms with Crippen LogP contribution in [0.5, 0.6) is 0 Å². The predicted octanol–water partition coefficient (Wildman–Crippen LogP) is 4.66. The lowest BCUT2D eigenvalue weighted by Crippen LogP contribution is -2.06. The topological polar surface area (TPSA) is 49.8 Å². The normalized spacial score (nSPS) is 21.0. The Labute approximate surface area is 135 Å². The minimum absolute atomic E-state index is 0.0496. The molecule has 22 heavy (non-hydrogen) atoms. The zero-order chi connectivity index (χ0) is 15.7. The SMILES string of the molecule is Cc1ccc(C2CC(c3ccc(Cl)cc3)C(C#N)=C2N)cc1. The Bertz CT molecular complexity index is 752. The van der Waals surface area contributed by atoms with Gasteiger partial charge in [-0.1, -0.05) is 53.6 Å². The van der Waals surface area contributed by atoms with E-state index in [0.717, 1.165) is 12.0 Å². The maximum absolute atomic E-state index is 9.52. The predicted molar refractivity (Wildman–Crippen MR) is 89.6 cm³/mol. The van der Waals surface area contributed by atoms with E-state index in [4.69, 9.17) is 17.3 Å². The number of allylic oxidation sites excluding steroid dienone is 2. The second-order valence-electron chi connectivity index (χ2n) is 5.78. The van der Waals surface area contributed by atoms with Crippen LogP contribution in [0.2, 0.25) is 5.02 Å². The fourth-order valence-corrected chi connectivity index (χ4v) is 3.25. The molecule has 0 spiro atoms. The van der Waals surface area contributed by atoms with Gasteiger partial charge in [0.25, 0.3) is 0 Å². The molecule has 1 aliphatic rings. The summed E-state index contributed by atoms with van der Waals surface area (Å²) in [6.45, 7) is 2.06. The van der Waals surface area contributed by atoms with E-state index in [2.05, 4.69) is 37.3 Å². The molecule has 2 unspecified atom stereocenters. The third kappa shape index (κ3) is 2.61. The lowest BCUT2D eigenvalue weighted by atomic mass is 9.89. The largest absolute Gasteiger partial charge is 0.401 e. The molecule has 0 fully saturated rings. The van der Waals surface area contributed by atoms with Gasteiger partial charge < -0.3 is 5.73 Å². The van der Waals surface area contributed by atoms with Gasteiger partial charge in [0.1, 0.15) is 0 Å². The van der Waals surface area contributed by atoms with Gasteiger partial charge in [0.15, 0.2) is 0 Å². The monoisotopic (exact) mass is 308 g/mol. The van der Waals surface area contributed by atoms with Crippen molar-refractivity contribution in [3.63, 3.8) is 0 Å². The number of benzene rings is 2.